The molecule has 5 heteroatoms. The van der Waals surface area contributed by atoms with Crippen LogP contribution in [0.4, 0.5) is 0 Å². The van der Waals surface area contributed by atoms with Crippen molar-refractivity contribution >= 4 is 21.7 Å². The number of aryl methyl sites for hydroxylation is 2. The molecule has 1 heterocycles. The summed E-state index contributed by atoms with van der Waals surface area (Å²) in [5, 5.41) is 0. The van der Waals surface area contributed by atoms with Crippen LogP contribution >= 0.6 is 15.9 Å². The summed E-state index contributed by atoms with van der Waals surface area (Å²) >= 11 is 3.48. The minimum absolute atomic E-state index is 0.0610. The van der Waals surface area contributed by atoms with Crippen LogP contribution in [0.1, 0.15) is 45.5 Å². The van der Waals surface area contributed by atoms with Crippen LogP contribution in [-0.2, 0) is 18.2 Å². The van der Waals surface area contributed by atoms with Gasteiger partial charge in [0.25, 0.3) is 5.56 Å². The Kier molecular flexibility index (Phi) is 5.78. The lowest BCUT2D eigenvalue weighted by atomic mass is 9.93. The number of halogens is 1. The van der Waals surface area contributed by atoms with Gasteiger partial charge in [0.15, 0.2) is 5.78 Å². The molecule has 1 fully saturated rings. The van der Waals surface area contributed by atoms with Gasteiger partial charge in [-0.2, -0.15) is 0 Å². The summed E-state index contributed by atoms with van der Waals surface area (Å²) < 4.78 is 8.09. The van der Waals surface area contributed by atoms with Gasteiger partial charge in [0.1, 0.15) is 6.61 Å². The van der Waals surface area contributed by atoms with Gasteiger partial charge in [-0.05, 0) is 67.9 Å². The molecule has 1 aromatic heterocycles. The van der Waals surface area contributed by atoms with Crippen LogP contribution in [0.25, 0.3) is 0 Å². The van der Waals surface area contributed by atoms with Gasteiger partial charge in [-0.15, -0.1) is 0 Å². The third-order valence-corrected chi connectivity index (χ3v) is 5.49. The first-order valence-corrected chi connectivity index (χ1v) is 9.71. The maximum absolute atomic E-state index is 12.8. The number of aromatic nitrogens is 1. The number of nitrogens with zero attached hydrogens (tertiary/aromatic N) is 1. The number of rotatable bonds is 7. The zero-order chi connectivity index (χ0) is 18.8. The maximum Gasteiger partial charge on any atom is 0.253 e. The Morgan fingerprint density at radius 2 is 2.04 bits per heavy atom. The zero-order valence-corrected chi connectivity index (χ0v) is 17.1. The highest BCUT2D eigenvalue weighted by Gasteiger charge is 2.23. The van der Waals surface area contributed by atoms with E-state index in [1.807, 2.05) is 25.1 Å². The van der Waals surface area contributed by atoms with Gasteiger partial charge in [-0.1, -0.05) is 22.0 Å². The Hall–Kier alpha value is -1.72. The monoisotopic (exact) mass is 417 g/mol. The van der Waals surface area contributed by atoms with Crippen LogP contribution in [0, 0.1) is 19.8 Å². The quantitative estimate of drug-likeness (QED) is 0.640. The molecule has 0 atom stereocenters. The van der Waals surface area contributed by atoms with E-state index in [0.717, 1.165) is 21.2 Å². The zero-order valence-electron chi connectivity index (χ0n) is 15.5. The highest BCUT2D eigenvalue weighted by atomic mass is 79.9. The summed E-state index contributed by atoms with van der Waals surface area (Å²) in [6, 6.07) is 6.07. The summed E-state index contributed by atoms with van der Waals surface area (Å²) in [6.07, 6.45) is 4.61. The largest absolute Gasteiger partial charge is 0.373 e. The van der Waals surface area contributed by atoms with E-state index in [4.69, 9.17) is 4.74 Å². The first kappa shape index (κ1) is 19.1. The normalized spacial score (nSPS) is 13.8. The molecule has 0 radical (unpaired) electrons. The third-order valence-electron chi connectivity index (χ3n) is 5.00. The van der Waals surface area contributed by atoms with Gasteiger partial charge < -0.3 is 9.30 Å². The van der Waals surface area contributed by atoms with E-state index in [-0.39, 0.29) is 17.9 Å². The average Bonchev–Trinajstić information content (AvgIpc) is 3.41. The molecule has 4 nitrogen and oxygen atoms in total. The fourth-order valence-corrected chi connectivity index (χ4v) is 3.60. The second-order valence-corrected chi connectivity index (χ2v) is 8.11. The number of ketones is 1. The molecule has 26 heavy (non-hydrogen) atoms. The smallest absolute Gasteiger partial charge is 0.253 e. The number of hydrogen-bond acceptors (Lipinski definition) is 3. The van der Waals surface area contributed by atoms with Crippen molar-refractivity contribution in [3.8, 4) is 0 Å². The molecule has 0 amide bonds. The number of hydrogen-bond donors (Lipinski definition) is 0. The molecule has 0 saturated heterocycles. The van der Waals surface area contributed by atoms with E-state index in [1.54, 1.807) is 20.2 Å². The van der Waals surface area contributed by atoms with Crippen molar-refractivity contribution in [1.29, 1.82) is 0 Å². The number of benzene rings is 1. The van der Waals surface area contributed by atoms with Gasteiger partial charge >= 0.3 is 0 Å². The molecule has 0 bridgehead atoms. The summed E-state index contributed by atoms with van der Waals surface area (Å²) in [4.78, 5) is 25.2. The number of pyridine rings is 1. The van der Waals surface area contributed by atoms with Crippen molar-refractivity contribution in [3.63, 3.8) is 0 Å². The molecule has 1 aliphatic rings. The van der Waals surface area contributed by atoms with E-state index < -0.39 is 0 Å². The Labute approximate surface area is 162 Å². The second-order valence-electron chi connectivity index (χ2n) is 7.19. The topological polar surface area (TPSA) is 48.3 Å². The minimum Gasteiger partial charge on any atom is -0.373 e. The van der Waals surface area contributed by atoms with Gasteiger partial charge in [0, 0.05) is 28.8 Å². The molecule has 1 saturated carbocycles. The van der Waals surface area contributed by atoms with E-state index in [9.17, 15) is 9.59 Å². The standard InChI is InChI=1S/C21H24BrNO3/c1-13-8-17(22)7-6-16(13)9-18-14(2)21(25)23(3)10-19(18)20(24)12-26-11-15-4-5-15/h6-8,10,15H,4-5,9,11-12H2,1-3H3. The van der Waals surface area contributed by atoms with E-state index in [2.05, 4.69) is 15.9 Å². The molecule has 0 spiro atoms. The Morgan fingerprint density at radius 3 is 2.69 bits per heavy atom. The second kappa shape index (κ2) is 7.89. The highest BCUT2D eigenvalue weighted by Crippen LogP contribution is 2.29. The van der Waals surface area contributed by atoms with Crippen LogP contribution in [0.2, 0.25) is 0 Å². The predicted octanol–water partition coefficient (Wildman–Crippen LogP) is 3.96. The van der Waals surface area contributed by atoms with E-state index in [1.165, 1.54) is 17.4 Å². The maximum atomic E-state index is 12.8. The lowest BCUT2D eigenvalue weighted by Crippen LogP contribution is -2.25. The number of carbonyl (C=O) groups excluding carboxylic acids is 1. The lowest BCUT2D eigenvalue weighted by Gasteiger charge is -2.15. The fraction of sp³-hybridized carbons (Fsp3) is 0.429. The number of carbonyl (C=O) groups is 1. The number of ether oxygens (including phenoxy) is 1. The summed E-state index contributed by atoms with van der Waals surface area (Å²) in [5.74, 6) is 0.559. The molecular formula is C21H24BrNO3. The Balaban J connectivity index is 1.92. The average molecular weight is 418 g/mol. The van der Waals surface area contributed by atoms with Crippen LogP contribution < -0.4 is 5.56 Å². The SMILES string of the molecule is Cc1cc(Br)ccc1Cc1c(C(=O)COCC2CC2)cn(C)c(=O)c1C. The molecule has 0 N–H and O–H groups in total. The number of Topliss-reactive ketones (excluding diaryl/α,β-unsaturated/α-hetero) is 1. The highest BCUT2D eigenvalue weighted by molar-refractivity contribution is 9.10. The van der Waals surface area contributed by atoms with Crippen LogP contribution in [0.15, 0.2) is 33.7 Å². The van der Waals surface area contributed by atoms with Gasteiger partial charge in [-0.25, -0.2) is 0 Å². The van der Waals surface area contributed by atoms with Crippen LogP contribution in [-0.4, -0.2) is 23.6 Å². The molecule has 0 unspecified atom stereocenters. The fourth-order valence-electron chi connectivity index (χ4n) is 3.12. The summed E-state index contributed by atoms with van der Waals surface area (Å²) in [6.45, 7) is 4.56. The molecular weight excluding hydrogens is 394 g/mol. The van der Waals surface area contributed by atoms with Gasteiger partial charge in [-0.3, -0.25) is 9.59 Å². The Morgan fingerprint density at radius 1 is 1.31 bits per heavy atom. The molecule has 1 aromatic carbocycles. The van der Waals surface area contributed by atoms with Crippen molar-refractivity contribution in [2.75, 3.05) is 13.2 Å². The van der Waals surface area contributed by atoms with Crippen molar-refractivity contribution < 1.29 is 9.53 Å². The minimum atomic E-state index is -0.0646. The van der Waals surface area contributed by atoms with E-state index in [0.29, 0.717) is 30.1 Å². The summed E-state index contributed by atoms with van der Waals surface area (Å²) in [7, 11) is 1.69. The molecule has 138 valence electrons. The predicted molar refractivity (Wildman–Crippen MR) is 106 cm³/mol. The van der Waals surface area contributed by atoms with Gasteiger partial charge in [0.05, 0.1) is 6.61 Å². The molecule has 2 aromatic rings. The third kappa shape index (κ3) is 4.33. The summed E-state index contributed by atoms with van der Waals surface area (Å²) in [5.41, 5.74) is 4.19. The van der Waals surface area contributed by atoms with Gasteiger partial charge in [0.2, 0.25) is 0 Å². The first-order valence-electron chi connectivity index (χ1n) is 8.92. The van der Waals surface area contributed by atoms with E-state index >= 15 is 0 Å². The Bertz CT molecular complexity index is 897. The first-order chi connectivity index (χ1) is 12.4. The van der Waals surface area contributed by atoms with Crippen molar-refractivity contribution in [1.82, 2.24) is 4.57 Å². The van der Waals surface area contributed by atoms with Crippen molar-refractivity contribution in [2.24, 2.45) is 13.0 Å². The van der Waals surface area contributed by atoms with Crippen molar-refractivity contribution in [2.45, 2.75) is 33.1 Å². The molecule has 3 rings (SSSR count). The lowest BCUT2D eigenvalue weighted by molar-refractivity contribution is 0.0738. The molecule has 0 aliphatic heterocycles. The van der Waals surface area contributed by atoms with Crippen LogP contribution in [0.3, 0.4) is 0 Å². The van der Waals surface area contributed by atoms with Crippen LogP contribution in [0.5, 0.6) is 0 Å². The molecule has 1 aliphatic carbocycles. The van der Waals surface area contributed by atoms with Crippen molar-refractivity contribution in [3.05, 3.63) is 67.0 Å².